The van der Waals surface area contributed by atoms with Crippen LogP contribution in [0.2, 0.25) is 10.3 Å². The fourth-order valence-corrected chi connectivity index (χ4v) is 2.99. The van der Waals surface area contributed by atoms with E-state index in [4.69, 9.17) is 23.2 Å². The maximum absolute atomic E-state index is 5.86. The number of thiophene rings is 1. The van der Waals surface area contributed by atoms with E-state index in [1.807, 2.05) is 17.5 Å². The van der Waals surface area contributed by atoms with E-state index in [2.05, 4.69) is 10.2 Å². The van der Waals surface area contributed by atoms with Crippen molar-refractivity contribution in [2.75, 3.05) is 0 Å². The van der Waals surface area contributed by atoms with E-state index in [9.17, 15) is 0 Å². The van der Waals surface area contributed by atoms with Gasteiger partial charge in [0.1, 0.15) is 0 Å². The predicted molar refractivity (Wildman–Crippen MR) is 60.5 cm³/mol. The van der Waals surface area contributed by atoms with Crippen LogP contribution in [0.4, 0.5) is 0 Å². The van der Waals surface area contributed by atoms with Crippen LogP contribution in [0.25, 0.3) is 0 Å². The van der Waals surface area contributed by atoms with Gasteiger partial charge in [-0.3, -0.25) is 0 Å². The van der Waals surface area contributed by atoms with E-state index in [0.29, 0.717) is 10.3 Å². The Hall–Kier alpha value is -0.290. The zero-order chi connectivity index (χ0) is 9.97. The Labute approximate surface area is 99.3 Å². The SMILES string of the molecule is Clc1cc(Sc2cccs2)c(Cl)nn1. The van der Waals surface area contributed by atoms with Gasteiger partial charge in [-0.15, -0.1) is 21.5 Å². The van der Waals surface area contributed by atoms with Gasteiger partial charge in [0.25, 0.3) is 0 Å². The Balaban J connectivity index is 2.28. The highest BCUT2D eigenvalue weighted by atomic mass is 35.5. The Morgan fingerprint density at radius 2 is 2.14 bits per heavy atom. The summed E-state index contributed by atoms with van der Waals surface area (Å²) >= 11 is 14.8. The highest BCUT2D eigenvalue weighted by Gasteiger charge is 2.06. The van der Waals surface area contributed by atoms with E-state index < -0.39 is 0 Å². The van der Waals surface area contributed by atoms with Crippen molar-refractivity contribution in [1.29, 1.82) is 0 Å². The number of nitrogens with zero attached hydrogens (tertiary/aromatic N) is 2. The van der Waals surface area contributed by atoms with Crippen LogP contribution in [-0.4, -0.2) is 10.2 Å². The molecule has 2 nitrogen and oxygen atoms in total. The van der Waals surface area contributed by atoms with Gasteiger partial charge >= 0.3 is 0 Å². The fourth-order valence-electron chi connectivity index (χ4n) is 0.839. The molecule has 6 heteroatoms. The molecule has 0 fully saturated rings. The maximum Gasteiger partial charge on any atom is 0.165 e. The minimum Gasteiger partial charge on any atom is -0.137 e. The molecule has 0 aromatic carbocycles. The van der Waals surface area contributed by atoms with Crippen molar-refractivity contribution in [3.05, 3.63) is 33.9 Å². The molecule has 0 aliphatic rings. The molecule has 0 N–H and O–H groups in total. The van der Waals surface area contributed by atoms with Gasteiger partial charge in [0, 0.05) is 0 Å². The van der Waals surface area contributed by atoms with Crippen molar-refractivity contribution in [2.45, 2.75) is 9.10 Å². The fraction of sp³-hybridized carbons (Fsp3) is 0. The lowest BCUT2D eigenvalue weighted by Gasteiger charge is -1.99. The lowest BCUT2D eigenvalue weighted by molar-refractivity contribution is 0.998. The summed E-state index contributed by atoms with van der Waals surface area (Å²) in [5, 5.41) is 10.1. The number of aromatic nitrogens is 2. The first kappa shape index (κ1) is 10.2. The summed E-state index contributed by atoms with van der Waals surface area (Å²) in [5.74, 6) is 0. The van der Waals surface area contributed by atoms with Crippen molar-refractivity contribution in [3.63, 3.8) is 0 Å². The van der Waals surface area contributed by atoms with Gasteiger partial charge in [0.05, 0.1) is 9.10 Å². The third kappa shape index (κ3) is 2.39. The molecule has 0 radical (unpaired) electrons. The monoisotopic (exact) mass is 262 g/mol. The number of halogens is 2. The Morgan fingerprint density at radius 1 is 1.29 bits per heavy atom. The van der Waals surface area contributed by atoms with E-state index >= 15 is 0 Å². The topological polar surface area (TPSA) is 25.8 Å². The van der Waals surface area contributed by atoms with Crippen LogP contribution in [0.3, 0.4) is 0 Å². The Kier molecular flexibility index (Phi) is 3.28. The average molecular weight is 263 g/mol. The van der Waals surface area contributed by atoms with Gasteiger partial charge in [-0.05, 0) is 17.5 Å². The molecule has 0 aliphatic carbocycles. The van der Waals surface area contributed by atoms with Crippen molar-refractivity contribution in [1.82, 2.24) is 10.2 Å². The highest BCUT2D eigenvalue weighted by molar-refractivity contribution is 8.01. The summed E-state index contributed by atoms with van der Waals surface area (Å²) in [6.07, 6.45) is 0. The zero-order valence-electron chi connectivity index (χ0n) is 6.78. The third-order valence-electron chi connectivity index (χ3n) is 1.39. The summed E-state index contributed by atoms with van der Waals surface area (Å²) in [7, 11) is 0. The summed E-state index contributed by atoms with van der Waals surface area (Å²) < 4.78 is 1.15. The molecule has 0 bridgehead atoms. The molecule has 2 aromatic heterocycles. The Morgan fingerprint density at radius 3 is 2.86 bits per heavy atom. The van der Waals surface area contributed by atoms with Crippen LogP contribution >= 0.6 is 46.3 Å². The van der Waals surface area contributed by atoms with Gasteiger partial charge in [-0.1, -0.05) is 41.0 Å². The van der Waals surface area contributed by atoms with Crippen LogP contribution in [0, 0.1) is 0 Å². The minimum atomic E-state index is 0.355. The predicted octanol–water partition coefficient (Wildman–Crippen LogP) is 4.00. The molecule has 2 rings (SSSR count). The van der Waals surface area contributed by atoms with Crippen LogP contribution < -0.4 is 0 Å². The second kappa shape index (κ2) is 4.49. The van der Waals surface area contributed by atoms with Crippen LogP contribution in [0.15, 0.2) is 32.7 Å². The van der Waals surface area contributed by atoms with Gasteiger partial charge in [0.2, 0.25) is 0 Å². The van der Waals surface area contributed by atoms with Crippen LogP contribution in [-0.2, 0) is 0 Å². The molecule has 72 valence electrons. The molecule has 0 saturated heterocycles. The molecule has 0 saturated carbocycles. The number of rotatable bonds is 2. The summed E-state index contributed by atoms with van der Waals surface area (Å²) in [6.45, 7) is 0. The van der Waals surface area contributed by atoms with Gasteiger partial charge in [-0.25, -0.2) is 0 Å². The van der Waals surface area contributed by atoms with Crippen molar-refractivity contribution < 1.29 is 0 Å². The van der Waals surface area contributed by atoms with Crippen LogP contribution in [0.5, 0.6) is 0 Å². The maximum atomic E-state index is 5.86. The molecule has 0 atom stereocenters. The molecule has 2 aromatic rings. The highest BCUT2D eigenvalue weighted by Crippen LogP contribution is 2.35. The van der Waals surface area contributed by atoms with E-state index in [0.717, 1.165) is 9.10 Å². The molecule has 0 unspecified atom stereocenters. The lowest BCUT2D eigenvalue weighted by atomic mass is 10.6. The summed E-state index contributed by atoms with van der Waals surface area (Å²) in [6, 6.07) is 5.71. The average Bonchev–Trinajstić information content (AvgIpc) is 2.64. The summed E-state index contributed by atoms with van der Waals surface area (Å²) in [5.41, 5.74) is 0. The molecular weight excluding hydrogens is 259 g/mol. The summed E-state index contributed by atoms with van der Waals surface area (Å²) in [4.78, 5) is 0.828. The second-order valence-electron chi connectivity index (χ2n) is 2.36. The molecule has 0 spiro atoms. The third-order valence-corrected chi connectivity index (χ3v) is 4.04. The molecular formula is C8H4Cl2N2S2. The van der Waals surface area contributed by atoms with Crippen molar-refractivity contribution in [2.24, 2.45) is 0 Å². The van der Waals surface area contributed by atoms with E-state index in [1.165, 1.54) is 11.8 Å². The van der Waals surface area contributed by atoms with Crippen molar-refractivity contribution >= 4 is 46.3 Å². The zero-order valence-corrected chi connectivity index (χ0v) is 9.92. The normalized spacial score (nSPS) is 10.4. The first-order chi connectivity index (χ1) is 6.75. The largest absolute Gasteiger partial charge is 0.165 e. The second-order valence-corrected chi connectivity index (χ2v) is 5.39. The molecule has 0 aliphatic heterocycles. The first-order valence-electron chi connectivity index (χ1n) is 3.66. The standard InChI is InChI=1S/C8H4Cl2N2S2/c9-6-4-5(8(10)12-11-6)14-7-2-1-3-13-7/h1-4H. The van der Waals surface area contributed by atoms with Gasteiger partial charge in [0.15, 0.2) is 10.3 Å². The number of hydrogen-bond donors (Lipinski definition) is 0. The quantitative estimate of drug-likeness (QED) is 0.819. The van der Waals surface area contributed by atoms with Crippen molar-refractivity contribution in [3.8, 4) is 0 Å². The smallest absolute Gasteiger partial charge is 0.137 e. The van der Waals surface area contributed by atoms with Crippen LogP contribution in [0.1, 0.15) is 0 Å². The van der Waals surface area contributed by atoms with Gasteiger partial charge < -0.3 is 0 Å². The first-order valence-corrected chi connectivity index (χ1v) is 6.11. The van der Waals surface area contributed by atoms with E-state index in [1.54, 1.807) is 17.4 Å². The molecule has 14 heavy (non-hydrogen) atoms. The Bertz CT molecular complexity index is 431. The lowest BCUT2D eigenvalue weighted by Crippen LogP contribution is -1.85. The van der Waals surface area contributed by atoms with E-state index in [-0.39, 0.29) is 0 Å². The van der Waals surface area contributed by atoms with Gasteiger partial charge in [-0.2, -0.15) is 0 Å². The molecule has 2 heterocycles. The minimum absolute atomic E-state index is 0.355. The number of hydrogen-bond acceptors (Lipinski definition) is 4. The molecule has 0 amide bonds.